The Morgan fingerprint density at radius 2 is 2.00 bits per heavy atom. The van der Waals surface area contributed by atoms with Gasteiger partial charge in [0, 0.05) is 17.8 Å². The maximum Gasteiger partial charge on any atom is 0.254 e. The van der Waals surface area contributed by atoms with E-state index in [-0.39, 0.29) is 17.4 Å². The van der Waals surface area contributed by atoms with Crippen LogP contribution in [0.3, 0.4) is 0 Å². The van der Waals surface area contributed by atoms with Crippen molar-refractivity contribution in [2.24, 2.45) is 0 Å². The summed E-state index contributed by atoms with van der Waals surface area (Å²) in [5.74, 6) is -0.301. The molecule has 0 saturated carbocycles. The third-order valence-electron chi connectivity index (χ3n) is 4.32. The van der Waals surface area contributed by atoms with E-state index in [4.69, 9.17) is 4.74 Å². The molecule has 26 heavy (non-hydrogen) atoms. The molecule has 6 heteroatoms. The molecule has 1 aliphatic rings. The first-order valence-corrected chi connectivity index (χ1v) is 8.68. The van der Waals surface area contributed by atoms with E-state index in [9.17, 15) is 14.0 Å². The second-order valence-electron chi connectivity index (χ2n) is 6.11. The van der Waals surface area contributed by atoms with Gasteiger partial charge < -0.3 is 15.0 Å². The number of benzene rings is 2. The van der Waals surface area contributed by atoms with E-state index in [1.54, 1.807) is 30.3 Å². The lowest BCUT2D eigenvalue weighted by Gasteiger charge is -2.24. The minimum absolute atomic E-state index is 0.239. The average Bonchev–Trinajstić information content (AvgIpc) is 3.13. The molecule has 2 aromatic rings. The number of amides is 2. The average molecular weight is 356 g/mol. The van der Waals surface area contributed by atoms with Gasteiger partial charge in [0.05, 0.1) is 6.61 Å². The van der Waals surface area contributed by atoms with E-state index >= 15 is 0 Å². The maximum absolute atomic E-state index is 13.4. The number of rotatable bonds is 5. The van der Waals surface area contributed by atoms with Gasteiger partial charge in [-0.15, -0.1) is 0 Å². The van der Waals surface area contributed by atoms with Gasteiger partial charge in [-0.3, -0.25) is 9.59 Å². The van der Waals surface area contributed by atoms with Crippen molar-refractivity contribution in [3.05, 3.63) is 59.9 Å². The first-order valence-electron chi connectivity index (χ1n) is 8.68. The molecule has 1 saturated heterocycles. The van der Waals surface area contributed by atoms with Crippen LogP contribution in [0.4, 0.5) is 10.1 Å². The number of ether oxygens (including phenoxy) is 1. The lowest BCUT2D eigenvalue weighted by molar-refractivity contribution is -0.119. The Labute approximate surface area is 151 Å². The maximum atomic E-state index is 13.4. The van der Waals surface area contributed by atoms with Crippen LogP contribution in [-0.4, -0.2) is 35.9 Å². The first kappa shape index (κ1) is 17.9. The Kier molecular flexibility index (Phi) is 5.51. The predicted molar refractivity (Wildman–Crippen MR) is 96.7 cm³/mol. The van der Waals surface area contributed by atoms with Crippen molar-refractivity contribution in [2.75, 3.05) is 18.5 Å². The SMILES string of the molecule is CCOc1ccc(NC(=O)[C@@H]2CCCN2C(=O)c2cccc(F)c2)cc1. The van der Waals surface area contributed by atoms with Crippen LogP contribution < -0.4 is 10.1 Å². The van der Waals surface area contributed by atoms with Crippen LogP contribution in [-0.2, 0) is 4.79 Å². The van der Waals surface area contributed by atoms with E-state index in [2.05, 4.69) is 5.32 Å². The summed E-state index contributed by atoms with van der Waals surface area (Å²) in [6.45, 7) is 2.96. The van der Waals surface area contributed by atoms with Gasteiger partial charge in [-0.2, -0.15) is 0 Å². The topological polar surface area (TPSA) is 58.6 Å². The predicted octanol–water partition coefficient (Wildman–Crippen LogP) is 3.47. The summed E-state index contributed by atoms with van der Waals surface area (Å²) in [7, 11) is 0. The summed E-state index contributed by atoms with van der Waals surface area (Å²) in [5.41, 5.74) is 0.897. The molecule has 0 bridgehead atoms. The van der Waals surface area contributed by atoms with Crippen LogP contribution in [0.15, 0.2) is 48.5 Å². The largest absolute Gasteiger partial charge is 0.494 e. The molecule has 1 heterocycles. The normalized spacial score (nSPS) is 16.4. The molecule has 0 unspecified atom stereocenters. The van der Waals surface area contributed by atoms with E-state index < -0.39 is 11.9 Å². The monoisotopic (exact) mass is 356 g/mol. The van der Waals surface area contributed by atoms with Gasteiger partial charge in [0.15, 0.2) is 0 Å². The quantitative estimate of drug-likeness (QED) is 0.892. The summed E-state index contributed by atoms with van der Waals surface area (Å²) in [4.78, 5) is 26.8. The lowest BCUT2D eigenvalue weighted by atomic mass is 10.1. The summed E-state index contributed by atoms with van der Waals surface area (Å²) in [5, 5.41) is 2.84. The van der Waals surface area contributed by atoms with Crippen molar-refractivity contribution >= 4 is 17.5 Å². The van der Waals surface area contributed by atoms with Crippen LogP contribution in [0.5, 0.6) is 5.75 Å². The third kappa shape index (κ3) is 4.02. The smallest absolute Gasteiger partial charge is 0.254 e. The van der Waals surface area contributed by atoms with Crippen molar-refractivity contribution in [3.8, 4) is 5.75 Å². The Balaban J connectivity index is 1.69. The van der Waals surface area contributed by atoms with Crippen molar-refractivity contribution in [1.82, 2.24) is 4.90 Å². The Bertz CT molecular complexity index is 792. The number of hydrogen-bond donors (Lipinski definition) is 1. The van der Waals surface area contributed by atoms with Gasteiger partial charge >= 0.3 is 0 Å². The zero-order chi connectivity index (χ0) is 18.5. The molecule has 1 aliphatic heterocycles. The molecule has 0 aliphatic carbocycles. The minimum Gasteiger partial charge on any atom is -0.494 e. The number of hydrogen-bond acceptors (Lipinski definition) is 3. The van der Waals surface area contributed by atoms with Crippen molar-refractivity contribution in [3.63, 3.8) is 0 Å². The zero-order valence-electron chi connectivity index (χ0n) is 14.6. The Morgan fingerprint density at radius 1 is 1.23 bits per heavy atom. The van der Waals surface area contributed by atoms with Crippen LogP contribution in [0, 0.1) is 5.82 Å². The number of halogens is 1. The lowest BCUT2D eigenvalue weighted by Crippen LogP contribution is -2.43. The number of carbonyl (C=O) groups is 2. The van der Waals surface area contributed by atoms with Gasteiger partial charge in [-0.05, 0) is 62.2 Å². The molecule has 2 aromatic carbocycles. The van der Waals surface area contributed by atoms with Gasteiger partial charge in [-0.1, -0.05) is 6.07 Å². The summed E-state index contributed by atoms with van der Waals surface area (Å²) in [6, 6.07) is 12.1. The number of carbonyl (C=O) groups excluding carboxylic acids is 2. The van der Waals surface area contributed by atoms with Crippen molar-refractivity contribution in [1.29, 1.82) is 0 Å². The molecule has 0 aromatic heterocycles. The fraction of sp³-hybridized carbons (Fsp3) is 0.300. The van der Waals surface area contributed by atoms with Crippen molar-refractivity contribution < 1.29 is 18.7 Å². The highest BCUT2D eigenvalue weighted by Gasteiger charge is 2.34. The highest BCUT2D eigenvalue weighted by atomic mass is 19.1. The van der Waals surface area contributed by atoms with E-state index in [1.165, 1.54) is 23.1 Å². The van der Waals surface area contributed by atoms with Gasteiger partial charge in [0.1, 0.15) is 17.6 Å². The Hall–Kier alpha value is -2.89. The fourth-order valence-electron chi connectivity index (χ4n) is 3.10. The number of anilines is 1. The third-order valence-corrected chi connectivity index (χ3v) is 4.32. The highest BCUT2D eigenvalue weighted by molar-refractivity contribution is 6.01. The molecule has 136 valence electrons. The van der Waals surface area contributed by atoms with Crippen molar-refractivity contribution in [2.45, 2.75) is 25.8 Å². The van der Waals surface area contributed by atoms with E-state index in [0.29, 0.717) is 25.3 Å². The Morgan fingerprint density at radius 3 is 2.69 bits per heavy atom. The number of nitrogens with one attached hydrogen (secondary N) is 1. The highest BCUT2D eigenvalue weighted by Crippen LogP contribution is 2.23. The zero-order valence-corrected chi connectivity index (χ0v) is 14.6. The molecule has 3 rings (SSSR count). The molecule has 1 atom stereocenters. The molecule has 0 spiro atoms. The second kappa shape index (κ2) is 7.99. The van der Waals surface area contributed by atoms with Crippen LogP contribution >= 0.6 is 0 Å². The second-order valence-corrected chi connectivity index (χ2v) is 6.11. The molecular weight excluding hydrogens is 335 g/mol. The number of nitrogens with zero attached hydrogens (tertiary/aromatic N) is 1. The van der Waals surface area contributed by atoms with Gasteiger partial charge in [0.2, 0.25) is 5.91 Å². The minimum atomic E-state index is -0.558. The van der Waals surface area contributed by atoms with Crippen LogP contribution in [0.25, 0.3) is 0 Å². The standard InChI is InChI=1S/C20H21FN2O3/c1-2-26-17-10-8-16(9-11-17)22-19(24)18-7-4-12-23(18)20(25)14-5-3-6-15(21)13-14/h3,5-6,8-11,13,18H,2,4,7,12H2,1H3,(H,22,24)/t18-/m0/s1. The molecule has 5 nitrogen and oxygen atoms in total. The first-order chi connectivity index (χ1) is 12.6. The molecular formula is C20H21FN2O3. The summed E-state index contributed by atoms with van der Waals surface area (Å²) in [6.07, 6.45) is 1.33. The molecule has 1 fully saturated rings. The van der Waals surface area contributed by atoms with Crippen LogP contribution in [0.2, 0.25) is 0 Å². The summed E-state index contributed by atoms with van der Waals surface area (Å²) >= 11 is 0. The van der Waals surface area contributed by atoms with Gasteiger partial charge in [-0.25, -0.2) is 4.39 Å². The summed E-state index contributed by atoms with van der Waals surface area (Å²) < 4.78 is 18.8. The molecule has 2 amide bonds. The fourth-order valence-corrected chi connectivity index (χ4v) is 3.10. The van der Waals surface area contributed by atoms with E-state index in [1.807, 2.05) is 6.92 Å². The molecule has 1 N–H and O–H groups in total. The number of likely N-dealkylation sites (tertiary alicyclic amines) is 1. The van der Waals surface area contributed by atoms with Gasteiger partial charge in [0.25, 0.3) is 5.91 Å². The van der Waals surface area contributed by atoms with Crippen LogP contribution in [0.1, 0.15) is 30.1 Å². The molecule has 0 radical (unpaired) electrons. The van der Waals surface area contributed by atoms with E-state index in [0.717, 1.165) is 12.2 Å².